The van der Waals surface area contributed by atoms with E-state index in [9.17, 15) is 24.8 Å². The number of aliphatic hydroxyl groups excluding tert-OH is 2. The molecule has 1 aliphatic rings. The van der Waals surface area contributed by atoms with Crippen molar-refractivity contribution < 1.29 is 38.9 Å². The van der Waals surface area contributed by atoms with Crippen LogP contribution in [-0.4, -0.2) is 79.0 Å². The third kappa shape index (κ3) is 9.92. The molecule has 1 aromatic rings. The summed E-state index contributed by atoms with van der Waals surface area (Å²) in [5.41, 5.74) is -0.526. The molecular formula is C23H40N2O9. The molecule has 0 saturated carbocycles. The van der Waals surface area contributed by atoms with Crippen LogP contribution in [0.1, 0.15) is 63.7 Å². The van der Waals surface area contributed by atoms with E-state index < -0.39 is 16.5 Å². The molecule has 1 unspecified atom stereocenters. The highest BCUT2D eigenvalue weighted by molar-refractivity contribution is 5.99. The Balaban J connectivity index is 0. The number of carbonyl (C=O) groups excluding carboxylic acids is 2. The molecule has 1 fully saturated rings. The summed E-state index contributed by atoms with van der Waals surface area (Å²) in [6, 6.07) is 2.07. The van der Waals surface area contributed by atoms with Crippen molar-refractivity contribution in [1.29, 1.82) is 0 Å². The minimum atomic E-state index is -0.655. The van der Waals surface area contributed by atoms with Gasteiger partial charge in [0.2, 0.25) is 0 Å². The summed E-state index contributed by atoms with van der Waals surface area (Å²) in [7, 11) is 3.65. The molecule has 0 aliphatic carbocycles. The van der Waals surface area contributed by atoms with Crippen molar-refractivity contribution in [2.45, 2.75) is 59.4 Å². The molecule has 1 atom stereocenters. The van der Waals surface area contributed by atoms with Crippen LogP contribution >= 0.6 is 0 Å². The Morgan fingerprint density at radius 1 is 1.21 bits per heavy atom. The van der Waals surface area contributed by atoms with Crippen molar-refractivity contribution in [1.82, 2.24) is 4.90 Å². The number of hydrogen-bond acceptors (Lipinski definition) is 9. The maximum atomic E-state index is 12.9. The number of nitro groups is 1. The molecule has 11 nitrogen and oxygen atoms in total. The lowest BCUT2D eigenvalue weighted by Crippen LogP contribution is -2.37. The summed E-state index contributed by atoms with van der Waals surface area (Å²) in [6.07, 6.45) is 3.13. The van der Waals surface area contributed by atoms with Crippen LogP contribution in [0.15, 0.2) is 12.1 Å². The number of aliphatic hydroxyl groups is 2. The van der Waals surface area contributed by atoms with E-state index in [-0.39, 0.29) is 56.1 Å². The van der Waals surface area contributed by atoms with Crippen molar-refractivity contribution in [2.75, 3.05) is 41.1 Å². The van der Waals surface area contributed by atoms with E-state index >= 15 is 0 Å². The second-order valence-corrected chi connectivity index (χ2v) is 6.99. The lowest BCUT2D eigenvalue weighted by Gasteiger charge is -2.23. The number of benzene rings is 1. The fraction of sp³-hybridized carbons (Fsp3) is 0.652. The highest BCUT2D eigenvalue weighted by atomic mass is 16.6. The number of ether oxygens (including phenoxy) is 3. The Hall–Kier alpha value is -2.92. The number of amides is 1. The normalized spacial score (nSPS) is 13.9. The summed E-state index contributed by atoms with van der Waals surface area (Å²) in [5, 5.41) is 28.0. The number of hydrogen-bond donors (Lipinski definition) is 2. The van der Waals surface area contributed by atoms with Crippen LogP contribution in [0, 0.1) is 10.1 Å². The summed E-state index contributed by atoms with van der Waals surface area (Å²) < 4.78 is 15.3. The first-order valence-corrected chi connectivity index (χ1v) is 10.8. The third-order valence-corrected chi connectivity index (χ3v) is 4.57. The monoisotopic (exact) mass is 488 g/mol. The lowest BCUT2D eigenvalue weighted by atomic mass is 10.1. The van der Waals surface area contributed by atoms with E-state index in [1.165, 1.54) is 31.6 Å². The molecule has 34 heavy (non-hydrogen) atoms. The zero-order valence-corrected chi connectivity index (χ0v) is 20.0. The minimum Gasteiger partial charge on any atom is -0.493 e. The second-order valence-electron chi connectivity index (χ2n) is 6.99. The molecule has 0 bridgehead atoms. The molecular weight excluding hydrogens is 448 g/mol. The summed E-state index contributed by atoms with van der Waals surface area (Å²) in [4.78, 5) is 36.3. The Morgan fingerprint density at radius 3 is 2.32 bits per heavy atom. The van der Waals surface area contributed by atoms with Crippen molar-refractivity contribution in [3.63, 3.8) is 0 Å². The SMILES string of the molecule is C.CCC.CO.COC(=O)CCCOc1cc([N+](=O)[O-])c(C(=O)N2CCCC2CO)cc1OC. The first-order valence-electron chi connectivity index (χ1n) is 10.8. The predicted octanol–water partition coefficient (Wildman–Crippen LogP) is 3.19. The molecule has 1 heterocycles. The number of likely N-dealkylation sites (tertiary alicyclic amines) is 1. The van der Waals surface area contributed by atoms with Gasteiger partial charge in [0.05, 0.1) is 44.5 Å². The number of nitro benzene ring substituents is 1. The van der Waals surface area contributed by atoms with Gasteiger partial charge in [0.25, 0.3) is 11.6 Å². The minimum absolute atomic E-state index is 0. The Morgan fingerprint density at radius 2 is 1.82 bits per heavy atom. The van der Waals surface area contributed by atoms with Crippen LogP contribution in [0.2, 0.25) is 0 Å². The van der Waals surface area contributed by atoms with E-state index in [0.29, 0.717) is 19.4 Å². The highest BCUT2D eigenvalue weighted by Crippen LogP contribution is 2.36. The van der Waals surface area contributed by atoms with Gasteiger partial charge in [-0.2, -0.15) is 0 Å². The van der Waals surface area contributed by atoms with Gasteiger partial charge >= 0.3 is 5.97 Å². The van der Waals surface area contributed by atoms with Gasteiger partial charge < -0.3 is 29.3 Å². The maximum Gasteiger partial charge on any atom is 0.305 e. The molecule has 11 heteroatoms. The molecule has 0 spiro atoms. The first kappa shape index (κ1) is 33.3. The Bertz CT molecular complexity index is 756. The Kier molecular flexibility index (Phi) is 18.1. The van der Waals surface area contributed by atoms with Gasteiger partial charge in [0.15, 0.2) is 11.5 Å². The average Bonchev–Trinajstić information content (AvgIpc) is 3.31. The smallest absolute Gasteiger partial charge is 0.305 e. The van der Waals surface area contributed by atoms with Crippen LogP contribution in [0.25, 0.3) is 0 Å². The van der Waals surface area contributed by atoms with E-state index in [2.05, 4.69) is 18.6 Å². The summed E-state index contributed by atoms with van der Waals surface area (Å²) in [6.45, 7) is 4.60. The predicted molar refractivity (Wildman–Crippen MR) is 128 cm³/mol. The van der Waals surface area contributed by atoms with Gasteiger partial charge in [-0.1, -0.05) is 27.7 Å². The van der Waals surface area contributed by atoms with Gasteiger partial charge in [-0.15, -0.1) is 0 Å². The average molecular weight is 489 g/mol. The Labute approximate surface area is 201 Å². The molecule has 1 aromatic carbocycles. The van der Waals surface area contributed by atoms with Crippen LogP contribution in [0.3, 0.4) is 0 Å². The first-order chi connectivity index (χ1) is 15.8. The lowest BCUT2D eigenvalue weighted by molar-refractivity contribution is -0.385. The van der Waals surface area contributed by atoms with Gasteiger partial charge in [-0.3, -0.25) is 19.7 Å². The molecule has 0 radical (unpaired) electrons. The molecule has 1 saturated heterocycles. The fourth-order valence-electron chi connectivity index (χ4n) is 3.09. The number of methoxy groups -OCH3 is 2. The van der Waals surface area contributed by atoms with Crippen molar-refractivity contribution in [2.24, 2.45) is 0 Å². The number of nitrogens with zero attached hydrogens (tertiary/aromatic N) is 2. The summed E-state index contributed by atoms with van der Waals surface area (Å²) in [5.74, 6) is -0.632. The molecule has 0 aromatic heterocycles. The quantitative estimate of drug-likeness (QED) is 0.231. The molecule has 1 aliphatic heterocycles. The van der Waals surface area contributed by atoms with Gasteiger partial charge in [-0.05, 0) is 19.3 Å². The highest BCUT2D eigenvalue weighted by Gasteiger charge is 2.33. The van der Waals surface area contributed by atoms with Crippen molar-refractivity contribution >= 4 is 17.6 Å². The van der Waals surface area contributed by atoms with Crippen LogP contribution in [0.5, 0.6) is 11.5 Å². The standard InChI is InChI=1S/C18H24N2O8.C3H8.CH4O.CH4/c1-26-15-9-13(18(23)19-7-3-5-12(19)11-21)14(20(24)25)10-16(15)28-8-4-6-17(22)27-2;1-3-2;1-2;/h9-10,12,21H,3-8,11H2,1-2H3;3H2,1-2H3;2H,1H3;1H4. The van der Waals surface area contributed by atoms with Crippen LogP contribution < -0.4 is 9.47 Å². The molecule has 2 rings (SSSR count). The van der Waals surface area contributed by atoms with E-state index in [1.807, 2.05) is 0 Å². The molecule has 196 valence electrons. The zero-order chi connectivity index (χ0) is 25.4. The number of esters is 1. The molecule has 2 N–H and O–H groups in total. The number of carbonyl (C=O) groups is 2. The maximum absolute atomic E-state index is 12.9. The summed E-state index contributed by atoms with van der Waals surface area (Å²) >= 11 is 0. The van der Waals surface area contributed by atoms with E-state index in [4.69, 9.17) is 14.6 Å². The van der Waals surface area contributed by atoms with Gasteiger partial charge in [0.1, 0.15) is 5.56 Å². The number of rotatable bonds is 9. The third-order valence-electron chi connectivity index (χ3n) is 4.57. The fourth-order valence-corrected chi connectivity index (χ4v) is 3.09. The van der Waals surface area contributed by atoms with Crippen LogP contribution in [0.4, 0.5) is 5.69 Å². The van der Waals surface area contributed by atoms with Crippen molar-refractivity contribution in [3.05, 3.63) is 27.8 Å². The van der Waals surface area contributed by atoms with E-state index in [1.54, 1.807) is 0 Å². The van der Waals surface area contributed by atoms with Crippen LogP contribution in [-0.2, 0) is 9.53 Å². The topological polar surface area (TPSA) is 149 Å². The van der Waals surface area contributed by atoms with Gasteiger partial charge in [0, 0.05) is 26.1 Å². The van der Waals surface area contributed by atoms with Gasteiger partial charge in [-0.25, -0.2) is 0 Å². The zero-order valence-electron chi connectivity index (χ0n) is 20.0. The van der Waals surface area contributed by atoms with Crippen molar-refractivity contribution in [3.8, 4) is 11.5 Å². The largest absolute Gasteiger partial charge is 0.493 e. The van der Waals surface area contributed by atoms with E-state index in [0.717, 1.165) is 19.6 Å². The second kappa shape index (κ2) is 18.5. The molecule has 1 amide bonds.